The van der Waals surface area contributed by atoms with E-state index in [2.05, 4.69) is 15.6 Å². The van der Waals surface area contributed by atoms with Gasteiger partial charge in [0.05, 0.1) is 4.92 Å². The van der Waals surface area contributed by atoms with Gasteiger partial charge in [-0.2, -0.15) is 0 Å². The summed E-state index contributed by atoms with van der Waals surface area (Å²) < 4.78 is 5.25. The molecule has 2 N–H and O–H groups in total. The van der Waals surface area contributed by atoms with E-state index < -0.39 is 4.92 Å². The zero-order chi connectivity index (χ0) is 15.5. The summed E-state index contributed by atoms with van der Waals surface area (Å²) in [7, 11) is 1.69. The first-order chi connectivity index (χ1) is 10.2. The molecule has 0 aliphatic carbocycles. The molecule has 21 heavy (non-hydrogen) atoms. The predicted octanol–water partition coefficient (Wildman–Crippen LogP) is 1.69. The van der Waals surface area contributed by atoms with Gasteiger partial charge >= 0.3 is 0 Å². The van der Waals surface area contributed by atoms with Crippen molar-refractivity contribution >= 4 is 11.6 Å². The SMILES string of the molecule is CCOCCCNC(=NC)NCc1cccc([N+](=O)[O-])c1. The van der Waals surface area contributed by atoms with Crippen LogP contribution in [-0.4, -0.2) is 37.7 Å². The molecule has 0 heterocycles. The molecule has 0 unspecified atom stereocenters. The van der Waals surface area contributed by atoms with Crippen LogP contribution in [0.2, 0.25) is 0 Å². The minimum absolute atomic E-state index is 0.0916. The van der Waals surface area contributed by atoms with E-state index in [-0.39, 0.29) is 5.69 Å². The molecule has 0 saturated heterocycles. The van der Waals surface area contributed by atoms with Gasteiger partial charge in [0.25, 0.3) is 5.69 Å². The van der Waals surface area contributed by atoms with Crippen LogP contribution < -0.4 is 10.6 Å². The molecule has 0 radical (unpaired) electrons. The highest BCUT2D eigenvalue weighted by atomic mass is 16.6. The maximum atomic E-state index is 10.7. The first-order valence-corrected chi connectivity index (χ1v) is 6.93. The van der Waals surface area contributed by atoms with Crippen molar-refractivity contribution in [2.75, 3.05) is 26.8 Å². The van der Waals surface area contributed by atoms with Crippen LogP contribution in [0.25, 0.3) is 0 Å². The Bertz CT molecular complexity index is 477. The van der Waals surface area contributed by atoms with E-state index in [1.165, 1.54) is 6.07 Å². The van der Waals surface area contributed by atoms with E-state index in [9.17, 15) is 10.1 Å². The van der Waals surface area contributed by atoms with E-state index in [1.807, 2.05) is 13.0 Å². The van der Waals surface area contributed by atoms with Crippen molar-refractivity contribution in [3.63, 3.8) is 0 Å². The highest BCUT2D eigenvalue weighted by molar-refractivity contribution is 5.79. The number of nitrogens with zero attached hydrogens (tertiary/aromatic N) is 2. The molecular formula is C14H22N4O3. The molecule has 116 valence electrons. The van der Waals surface area contributed by atoms with Crippen LogP contribution in [0.3, 0.4) is 0 Å². The predicted molar refractivity (Wildman–Crippen MR) is 82.4 cm³/mol. The fourth-order valence-electron chi connectivity index (χ4n) is 1.71. The van der Waals surface area contributed by atoms with Gasteiger partial charge in [-0.1, -0.05) is 12.1 Å². The van der Waals surface area contributed by atoms with Gasteiger partial charge in [-0.05, 0) is 18.9 Å². The Labute approximate surface area is 124 Å². The third-order valence-electron chi connectivity index (χ3n) is 2.77. The second-order valence-corrected chi connectivity index (χ2v) is 4.33. The fourth-order valence-corrected chi connectivity index (χ4v) is 1.71. The quantitative estimate of drug-likeness (QED) is 0.250. The number of benzene rings is 1. The van der Waals surface area contributed by atoms with Gasteiger partial charge in [0.2, 0.25) is 0 Å². The van der Waals surface area contributed by atoms with Gasteiger partial charge in [0.1, 0.15) is 0 Å². The molecule has 1 aromatic carbocycles. The van der Waals surface area contributed by atoms with Crippen LogP contribution in [-0.2, 0) is 11.3 Å². The van der Waals surface area contributed by atoms with Gasteiger partial charge < -0.3 is 15.4 Å². The largest absolute Gasteiger partial charge is 0.382 e. The molecule has 0 amide bonds. The summed E-state index contributed by atoms with van der Waals surface area (Å²) in [5, 5.41) is 17.0. The highest BCUT2D eigenvalue weighted by Crippen LogP contribution is 2.12. The molecule has 0 fully saturated rings. The van der Waals surface area contributed by atoms with Crippen molar-refractivity contribution in [2.45, 2.75) is 19.9 Å². The molecule has 0 saturated carbocycles. The lowest BCUT2D eigenvalue weighted by molar-refractivity contribution is -0.384. The van der Waals surface area contributed by atoms with Crippen LogP contribution in [0.5, 0.6) is 0 Å². The second kappa shape index (κ2) is 9.71. The lowest BCUT2D eigenvalue weighted by atomic mass is 10.2. The third kappa shape index (κ3) is 6.71. The van der Waals surface area contributed by atoms with Crippen molar-refractivity contribution in [1.29, 1.82) is 0 Å². The molecule has 7 heteroatoms. The van der Waals surface area contributed by atoms with Crippen LogP contribution in [0.4, 0.5) is 5.69 Å². The van der Waals surface area contributed by atoms with E-state index >= 15 is 0 Å². The second-order valence-electron chi connectivity index (χ2n) is 4.33. The average molecular weight is 294 g/mol. The number of nitro groups is 1. The Balaban J connectivity index is 2.38. The molecule has 1 aromatic rings. The standard InChI is InChI=1S/C14H22N4O3/c1-3-21-9-5-8-16-14(15-2)17-11-12-6-4-7-13(10-12)18(19)20/h4,6-7,10H,3,5,8-9,11H2,1-2H3,(H2,15,16,17). The van der Waals surface area contributed by atoms with Gasteiger partial charge in [0, 0.05) is 45.5 Å². The van der Waals surface area contributed by atoms with E-state index in [0.717, 1.165) is 25.1 Å². The van der Waals surface area contributed by atoms with Crippen molar-refractivity contribution in [3.05, 3.63) is 39.9 Å². The van der Waals surface area contributed by atoms with Crippen LogP contribution in [0.15, 0.2) is 29.3 Å². The van der Waals surface area contributed by atoms with E-state index in [1.54, 1.807) is 19.2 Å². The van der Waals surface area contributed by atoms with Crippen molar-refractivity contribution in [1.82, 2.24) is 10.6 Å². The normalized spacial score (nSPS) is 11.2. The highest BCUT2D eigenvalue weighted by Gasteiger charge is 2.05. The molecule has 0 spiro atoms. The smallest absolute Gasteiger partial charge is 0.269 e. The summed E-state index contributed by atoms with van der Waals surface area (Å²) in [5.41, 5.74) is 0.926. The molecule has 1 rings (SSSR count). The minimum Gasteiger partial charge on any atom is -0.382 e. The molecule has 0 aliphatic rings. The van der Waals surface area contributed by atoms with Crippen molar-refractivity contribution in [2.24, 2.45) is 4.99 Å². The number of ether oxygens (including phenoxy) is 1. The number of nitrogens with one attached hydrogen (secondary N) is 2. The number of non-ortho nitro benzene ring substituents is 1. The molecule has 0 atom stereocenters. The van der Waals surface area contributed by atoms with Gasteiger partial charge in [-0.25, -0.2) is 0 Å². The molecule has 0 aliphatic heterocycles. The molecule has 0 aromatic heterocycles. The first-order valence-electron chi connectivity index (χ1n) is 6.93. The maximum Gasteiger partial charge on any atom is 0.269 e. The summed E-state index contributed by atoms with van der Waals surface area (Å²) in [5.74, 6) is 0.665. The Hall–Kier alpha value is -2.15. The van der Waals surface area contributed by atoms with Crippen molar-refractivity contribution in [3.8, 4) is 0 Å². The monoisotopic (exact) mass is 294 g/mol. The van der Waals surface area contributed by atoms with Gasteiger partial charge in [-0.3, -0.25) is 15.1 Å². The molecule has 0 bridgehead atoms. The van der Waals surface area contributed by atoms with Crippen LogP contribution >= 0.6 is 0 Å². The average Bonchev–Trinajstić information content (AvgIpc) is 2.50. The van der Waals surface area contributed by atoms with E-state index in [0.29, 0.717) is 19.1 Å². The van der Waals surface area contributed by atoms with Gasteiger partial charge in [-0.15, -0.1) is 0 Å². The zero-order valence-corrected chi connectivity index (χ0v) is 12.5. The summed E-state index contributed by atoms with van der Waals surface area (Å²) >= 11 is 0. The first kappa shape index (κ1) is 16.9. The van der Waals surface area contributed by atoms with Crippen molar-refractivity contribution < 1.29 is 9.66 Å². The molecule has 7 nitrogen and oxygen atoms in total. The Morgan fingerprint density at radius 3 is 2.90 bits per heavy atom. The van der Waals surface area contributed by atoms with E-state index in [4.69, 9.17) is 4.74 Å². The summed E-state index contributed by atoms with van der Waals surface area (Å²) in [6.45, 7) is 4.64. The number of hydrogen-bond donors (Lipinski definition) is 2. The Morgan fingerprint density at radius 1 is 1.43 bits per heavy atom. The number of aliphatic imine (C=N–C) groups is 1. The number of nitro benzene ring substituents is 1. The van der Waals surface area contributed by atoms with Crippen LogP contribution in [0, 0.1) is 10.1 Å². The lowest BCUT2D eigenvalue weighted by Crippen LogP contribution is -2.37. The number of guanidine groups is 1. The van der Waals surface area contributed by atoms with Crippen LogP contribution in [0.1, 0.15) is 18.9 Å². The Kier molecular flexibility index (Phi) is 7.81. The minimum atomic E-state index is -0.399. The maximum absolute atomic E-state index is 10.7. The lowest BCUT2D eigenvalue weighted by Gasteiger charge is -2.11. The number of hydrogen-bond acceptors (Lipinski definition) is 4. The summed E-state index contributed by atoms with van der Waals surface area (Å²) in [6.07, 6.45) is 0.894. The summed E-state index contributed by atoms with van der Waals surface area (Å²) in [6, 6.07) is 6.54. The fraction of sp³-hybridized carbons (Fsp3) is 0.500. The number of rotatable bonds is 8. The zero-order valence-electron chi connectivity index (χ0n) is 12.5. The Morgan fingerprint density at radius 2 is 2.24 bits per heavy atom. The third-order valence-corrected chi connectivity index (χ3v) is 2.77. The summed E-state index contributed by atoms with van der Waals surface area (Å²) in [4.78, 5) is 14.4. The van der Waals surface area contributed by atoms with Gasteiger partial charge in [0.15, 0.2) is 5.96 Å². The topological polar surface area (TPSA) is 88.8 Å². The molecular weight excluding hydrogens is 272 g/mol.